The van der Waals surface area contributed by atoms with Gasteiger partial charge >= 0.3 is 0 Å². The zero-order valence-corrected chi connectivity index (χ0v) is 19.2. The smallest absolute Gasteiger partial charge is 0.165 e. The van der Waals surface area contributed by atoms with Gasteiger partial charge in [0.05, 0.1) is 18.2 Å². The van der Waals surface area contributed by atoms with Gasteiger partial charge in [0.15, 0.2) is 11.5 Å². The maximum atomic E-state index is 9.74. The lowest BCUT2D eigenvalue weighted by atomic mass is 10.00. The number of nitriles is 1. The Morgan fingerprint density at radius 3 is 2.47 bits per heavy atom. The second-order valence-electron chi connectivity index (χ2n) is 7.35. The van der Waals surface area contributed by atoms with Crippen molar-refractivity contribution in [3.63, 3.8) is 0 Å². The summed E-state index contributed by atoms with van der Waals surface area (Å²) in [5, 5.41) is 10.4. The number of aryl methyl sites for hydroxylation is 1. The van der Waals surface area contributed by atoms with Gasteiger partial charge in [-0.2, -0.15) is 5.26 Å². The first kappa shape index (κ1) is 23.2. The summed E-state index contributed by atoms with van der Waals surface area (Å²) in [7, 11) is 0. The molecule has 0 aliphatic rings. The van der Waals surface area contributed by atoms with E-state index in [0.717, 1.165) is 27.8 Å². The molecular formula is C28H26ClNO2. The third-order valence-electron chi connectivity index (χ3n) is 4.94. The van der Waals surface area contributed by atoms with Crippen molar-refractivity contribution in [3.8, 4) is 17.6 Å². The van der Waals surface area contributed by atoms with E-state index < -0.39 is 0 Å². The van der Waals surface area contributed by atoms with Crippen LogP contribution in [-0.2, 0) is 13.0 Å². The van der Waals surface area contributed by atoms with Crippen LogP contribution in [0.1, 0.15) is 34.7 Å². The van der Waals surface area contributed by atoms with E-state index >= 15 is 0 Å². The van der Waals surface area contributed by atoms with Crippen LogP contribution in [0.25, 0.3) is 11.6 Å². The molecule has 0 aromatic heterocycles. The fourth-order valence-electron chi connectivity index (χ4n) is 3.35. The molecule has 4 heteroatoms. The minimum atomic E-state index is 0.325. The van der Waals surface area contributed by atoms with Crippen molar-refractivity contribution < 1.29 is 9.47 Å². The number of nitrogens with zero attached hydrogens (tertiary/aromatic N) is 1. The number of rotatable bonds is 9. The summed E-state index contributed by atoms with van der Waals surface area (Å²) in [6.07, 6.45) is 4.30. The molecule has 0 aliphatic carbocycles. The monoisotopic (exact) mass is 443 g/mol. The maximum absolute atomic E-state index is 9.74. The summed E-state index contributed by atoms with van der Waals surface area (Å²) in [5.41, 5.74) is 5.31. The van der Waals surface area contributed by atoms with E-state index in [1.54, 1.807) is 0 Å². The van der Waals surface area contributed by atoms with Crippen molar-refractivity contribution in [2.24, 2.45) is 0 Å². The van der Waals surface area contributed by atoms with Crippen molar-refractivity contribution in [2.75, 3.05) is 6.61 Å². The van der Waals surface area contributed by atoms with Gasteiger partial charge in [0.2, 0.25) is 0 Å². The standard InChI is InChI=1S/C28H26ClNO2/c1-4-8-23-15-21(16-25(18-30)22-13-11-20(3)12-14-22)17-27(31-5-2)28(23)32-19-24-9-6-7-10-26(24)29/h4,6-7,9-17H,1,5,8,19H2,2-3H3/b25-16-. The predicted octanol–water partition coefficient (Wildman–Crippen LogP) is 7.42. The van der Waals surface area contributed by atoms with E-state index in [4.69, 9.17) is 21.1 Å². The summed E-state index contributed by atoms with van der Waals surface area (Å²) < 4.78 is 12.1. The highest BCUT2D eigenvalue weighted by molar-refractivity contribution is 6.31. The van der Waals surface area contributed by atoms with Crippen molar-refractivity contribution in [2.45, 2.75) is 26.9 Å². The lowest BCUT2D eigenvalue weighted by Gasteiger charge is -2.17. The highest BCUT2D eigenvalue weighted by atomic mass is 35.5. The summed E-state index contributed by atoms with van der Waals surface area (Å²) >= 11 is 6.29. The van der Waals surface area contributed by atoms with Crippen molar-refractivity contribution in [3.05, 3.63) is 106 Å². The second-order valence-corrected chi connectivity index (χ2v) is 7.76. The highest BCUT2D eigenvalue weighted by Gasteiger charge is 2.14. The van der Waals surface area contributed by atoms with Crippen LogP contribution in [0.3, 0.4) is 0 Å². The highest BCUT2D eigenvalue weighted by Crippen LogP contribution is 2.36. The molecule has 0 amide bonds. The third kappa shape index (κ3) is 5.81. The van der Waals surface area contributed by atoms with Crippen molar-refractivity contribution in [1.82, 2.24) is 0 Å². The molecule has 3 nitrogen and oxygen atoms in total. The van der Waals surface area contributed by atoms with Crippen LogP contribution >= 0.6 is 11.6 Å². The van der Waals surface area contributed by atoms with Gasteiger partial charge in [-0.05, 0) is 55.7 Å². The van der Waals surface area contributed by atoms with Crippen LogP contribution in [0.4, 0.5) is 0 Å². The summed E-state index contributed by atoms with van der Waals surface area (Å²) in [6, 6.07) is 21.8. The number of hydrogen-bond acceptors (Lipinski definition) is 3. The number of benzene rings is 3. The lowest BCUT2D eigenvalue weighted by Crippen LogP contribution is -2.03. The Hall–Kier alpha value is -3.48. The van der Waals surface area contributed by atoms with Gasteiger partial charge in [-0.25, -0.2) is 0 Å². The predicted molar refractivity (Wildman–Crippen MR) is 132 cm³/mol. The van der Waals surface area contributed by atoms with Gasteiger partial charge < -0.3 is 9.47 Å². The van der Waals surface area contributed by atoms with Gasteiger partial charge in [0, 0.05) is 16.1 Å². The lowest BCUT2D eigenvalue weighted by molar-refractivity contribution is 0.267. The van der Waals surface area contributed by atoms with Crippen LogP contribution in [-0.4, -0.2) is 6.61 Å². The summed E-state index contributed by atoms with van der Waals surface area (Å²) in [4.78, 5) is 0. The van der Waals surface area contributed by atoms with Gasteiger partial charge in [0.1, 0.15) is 6.61 Å². The average Bonchev–Trinajstić information content (AvgIpc) is 2.79. The molecule has 3 aromatic carbocycles. The first-order valence-electron chi connectivity index (χ1n) is 10.5. The first-order valence-corrected chi connectivity index (χ1v) is 10.9. The van der Waals surface area contributed by atoms with Gasteiger partial charge in [-0.3, -0.25) is 0 Å². The normalized spacial score (nSPS) is 11.0. The van der Waals surface area contributed by atoms with E-state index in [9.17, 15) is 5.26 Å². The molecule has 0 aliphatic heterocycles. The Labute approximate surface area is 195 Å². The summed E-state index contributed by atoms with van der Waals surface area (Å²) in [5.74, 6) is 1.30. The summed E-state index contributed by atoms with van der Waals surface area (Å²) in [6.45, 7) is 8.66. The van der Waals surface area contributed by atoms with E-state index in [2.05, 4.69) is 12.6 Å². The van der Waals surface area contributed by atoms with Gasteiger partial charge in [-0.1, -0.05) is 65.7 Å². The quantitative estimate of drug-likeness (QED) is 0.196. The van der Waals surface area contributed by atoms with Crippen LogP contribution < -0.4 is 9.47 Å². The second kappa shape index (κ2) is 11.2. The Morgan fingerprint density at radius 1 is 1.06 bits per heavy atom. The zero-order chi connectivity index (χ0) is 22.9. The molecule has 0 unspecified atom stereocenters. The molecule has 0 radical (unpaired) electrons. The molecular weight excluding hydrogens is 418 g/mol. The van der Waals surface area contributed by atoms with Crippen LogP contribution in [0, 0.1) is 18.3 Å². The Kier molecular flexibility index (Phi) is 8.14. The Balaban J connectivity index is 2.01. The van der Waals surface area contributed by atoms with E-state index in [1.165, 1.54) is 0 Å². The molecule has 162 valence electrons. The SMILES string of the molecule is C=CCc1cc(/C=C(/C#N)c2ccc(C)cc2)cc(OCC)c1OCc1ccccc1Cl. The largest absolute Gasteiger partial charge is 0.490 e. The molecule has 0 N–H and O–H groups in total. The van der Waals surface area contributed by atoms with Gasteiger partial charge in [-0.15, -0.1) is 6.58 Å². The van der Waals surface area contributed by atoms with Crippen molar-refractivity contribution in [1.29, 1.82) is 5.26 Å². The number of allylic oxidation sites excluding steroid dienone is 2. The van der Waals surface area contributed by atoms with Crippen LogP contribution in [0.2, 0.25) is 5.02 Å². The average molecular weight is 444 g/mol. The maximum Gasteiger partial charge on any atom is 0.165 e. The Bertz CT molecular complexity index is 1160. The van der Waals surface area contributed by atoms with Gasteiger partial charge in [0.25, 0.3) is 0 Å². The molecule has 0 fully saturated rings. The minimum Gasteiger partial charge on any atom is -0.490 e. The number of ether oxygens (including phenoxy) is 2. The third-order valence-corrected chi connectivity index (χ3v) is 5.31. The molecule has 0 heterocycles. The molecule has 0 spiro atoms. The topological polar surface area (TPSA) is 42.2 Å². The van der Waals surface area contributed by atoms with Crippen molar-refractivity contribution >= 4 is 23.3 Å². The molecule has 32 heavy (non-hydrogen) atoms. The van der Waals surface area contributed by atoms with E-state index in [0.29, 0.717) is 41.7 Å². The van der Waals surface area contributed by atoms with E-state index in [1.807, 2.05) is 86.7 Å². The van der Waals surface area contributed by atoms with Crippen LogP contribution in [0.5, 0.6) is 11.5 Å². The number of hydrogen-bond donors (Lipinski definition) is 0. The molecule has 0 atom stereocenters. The zero-order valence-electron chi connectivity index (χ0n) is 18.4. The van der Waals surface area contributed by atoms with E-state index in [-0.39, 0.29) is 0 Å². The fourth-order valence-corrected chi connectivity index (χ4v) is 3.54. The molecule has 0 bridgehead atoms. The molecule has 3 rings (SSSR count). The van der Waals surface area contributed by atoms with Crippen LogP contribution in [0.15, 0.2) is 73.3 Å². The fraction of sp³-hybridized carbons (Fsp3) is 0.179. The first-order chi connectivity index (χ1) is 15.5. The molecule has 3 aromatic rings. The number of halogens is 1. The Morgan fingerprint density at radius 2 is 1.81 bits per heavy atom. The minimum absolute atomic E-state index is 0.325. The molecule has 0 saturated heterocycles. The molecule has 0 saturated carbocycles.